The molecule has 0 atom stereocenters. The standard InChI is InChI=1S/C18H18N2O3/c1-12-11-16(13(2)23-12)18(22)20-10-6-8-14-7-4-5-9-15(14)17(21)19-3/h4-5,7,9,11H,10H2,1-3H3,(H,19,21)(H,20,22). The Morgan fingerprint density at radius 1 is 1.13 bits per heavy atom. The van der Waals surface area contributed by atoms with Crippen LogP contribution in [0.15, 0.2) is 34.7 Å². The largest absolute Gasteiger partial charge is 0.466 e. The molecule has 0 radical (unpaired) electrons. The molecule has 23 heavy (non-hydrogen) atoms. The molecule has 2 aromatic rings. The first-order valence-corrected chi connectivity index (χ1v) is 7.18. The van der Waals surface area contributed by atoms with E-state index in [1.807, 2.05) is 6.07 Å². The van der Waals surface area contributed by atoms with Crippen molar-refractivity contribution in [1.82, 2.24) is 10.6 Å². The molecule has 0 saturated carbocycles. The van der Waals surface area contributed by atoms with Crippen molar-refractivity contribution in [3.63, 3.8) is 0 Å². The molecular weight excluding hydrogens is 292 g/mol. The number of hydrogen-bond donors (Lipinski definition) is 2. The number of carbonyl (C=O) groups is 2. The number of aryl methyl sites for hydroxylation is 2. The van der Waals surface area contributed by atoms with Gasteiger partial charge < -0.3 is 15.1 Å². The molecule has 5 nitrogen and oxygen atoms in total. The van der Waals surface area contributed by atoms with E-state index in [0.29, 0.717) is 28.2 Å². The third kappa shape index (κ3) is 4.01. The molecule has 1 heterocycles. The Labute approximate surface area is 135 Å². The molecule has 0 aliphatic heterocycles. The van der Waals surface area contributed by atoms with Crippen LogP contribution >= 0.6 is 0 Å². The molecule has 2 amide bonds. The lowest BCUT2D eigenvalue weighted by Crippen LogP contribution is -2.23. The average molecular weight is 310 g/mol. The topological polar surface area (TPSA) is 71.3 Å². The van der Waals surface area contributed by atoms with Crippen molar-refractivity contribution in [3.8, 4) is 11.8 Å². The minimum atomic E-state index is -0.228. The number of furan rings is 1. The number of rotatable bonds is 3. The highest BCUT2D eigenvalue weighted by Gasteiger charge is 2.12. The van der Waals surface area contributed by atoms with E-state index in [-0.39, 0.29) is 18.4 Å². The molecule has 5 heteroatoms. The predicted octanol–water partition coefficient (Wildman–Crippen LogP) is 2.04. The zero-order valence-electron chi connectivity index (χ0n) is 13.3. The summed E-state index contributed by atoms with van der Waals surface area (Å²) in [5, 5.41) is 5.29. The van der Waals surface area contributed by atoms with Crippen molar-refractivity contribution >= 4 is 11.8 Å². The van der Waals surface area contributed by atoms with Crippen LogP contribution in [0.4, 0.5) is 0 Å². The summed E-state index contributed by atoms with van der Waals surface area (Å²) in [5.41, 5.74) is 1.64. The molecule has 2 rings (SSSR count). The normalized spacial score (nSPS) is 9.70. The van der Waals surface area contributed by atoms with Gasteiger partial charge in [0.25, 0.3) is 11.8 Å². The molecule has 0 bridgehead atoms. The third-order valence-corrected chi connectivity index (χ3v) is 3.24. The van der Waals surface area contributed by atoms with Crippen molar-refractivity contribution in [2.45, 2.75) is 13.8 Å². The summed E-state index contributed by atoms with van der Waals surface area (Å²) >= 11 is 0. The van der Waals surface area contributed by atoms with Gasteiger partial charge in [-0.15, -0.1) is 0 Å². The van der Waals surface area contributed by atoms with Gasteiger partial charge in [-0.1, -0.05) is 24.0 Å². The van der Waals surface area contributed by atoms with Crippen LogP contribution in [0.1, 0.15) is 37.8 Å². The molecule has 118 valence electrons. The van der Waals surface area contributed by atoms with Crippen molar-refractivity contribution in [1.29, 1.82) is 0 Å². The van der Waals surface area contributed by atoms with Crippen molar-refractivity contribution in [2.24, 2.45) is 0 Å². The van der Waals surface area contributed by atoms with Crippen LogP contribution in [-0.2, 0) is 0 Å². The maximum atomic E-state index is 12.0. The molecule has 1 aromatic carbocycles. The molecule has 0 aliphatic rings. The van der Waals surface area contributed by atoms with E-state index in [9.17, 15) is 9.59 Å². The minimum Gasteiger partial charge on any atom is -0.466 e. The van der Waals surface area contributed by atoms with Gasteiger partial charge in [0.15, 0.2) is 0 Å². The number of hydrogen-bond acceptors (Lipinski definition) is 3. The number of nitrogens with one attached hydrogen (secondary N) is 2. The van der Waals surface area contributed by atoms with Crippen LogP contribution in [0.25, 0.3) is 0 Å². The van der Waals surface area contributed by atoms with E-state index in [1.54, 1.807) is 45.2 Å². The number of amides is 2. The molecule has 0 unspecified atom stereocenters. The zero-order valence-corrected chi connectivity index (χ0v) is 13.3. The van der Waals surface area contributed by atoms with Gasteiger partial charge in [0.1, 0.15) is 11.5 Å². The second-order valence-corrected chi connectivity index (χ2v) is 4.94. The first-order chi connectivity index (χ1) is 11.0. The van der Waals surface area contributed by atoms with Crippen LogP contribution in [0.2, 0.25) is 0 Å². The lowest BCUT2D eigenvalue weighted by Gasteiger charge is -2.02. The third-order valence-electron chi connectivity index (χ3n) is 3.24. The van der Waals surface area contributed by atoms with E-state index < -0.39 is 0 Å². The molecule has 0 aliphatic carbocycles. The van der Waals surface area contributed by atoms with Crippen molar-refractivity contribution in [2.75, 3.05) is 13.6 Å². The smallest absolute Gasteiger partial charge is 0.255 e. The van der Waals surface area contributed by atoms with Crippen molar-refractivity contribution in [3.05, 3.63) is 58.5 Å². The van der Waals surface area contributed by atoms with Crippen LogP contribution in [-0.4, -0.2) is 25.4 Å². The fourth-order valence-electron chi connectivity index (χ4n) is 2.14. The summed E-state index contributed by atoms with van der Waals surface area (Å²) in [6, 6.07) is 8.76. The van der Waals surface area contributed by atoms with E-state index >= 15 is 0 Å². The van der Waals surface area contributed by atoms with Gasteiger partial charge in [-0.25, -0.2) is 0 Å². The molecule has 0 spiro atoms. The van der Waals surface area contributed by atoms with Crippen LogP contribution in [0.3, 0.4) is 0 Å². The van der Waals surface area contributed by atoms with E-state index in [2.05, 4.69) is 22.5 Å². The SMILES string of the molecule is CNC(=O)c1ccccc1C#CCNC(=O)c1cc(C)oc1C. The fraction of sp³-hybridized carbons (Fsp3) is 0.222. The Morgan fingerprint density at radius 2 is 1.87 bits per heavy atom. The van der Waals surface area contributed by atoms with Gasteiger partial charge >= 0.3 is 0 Å². The maximum Gasteiger partial charge on any atom is 0.255 e. The summed E-state index contributed by atoms with van der Waals surface area (Å²) in [7, 11) is 1.57. The second kappa shape index (κ2) is 7.32. The summed E-state index contributed by atoms with van der Waals surface area (Å²) in [6.45, 7) is 3.72. The summed E-state index contributed by atoms with van der Waals surface area (Å²) in [6.07, 6.45) is 0. The predicted molar refractivity (Wildman–Crippen MR) is 87.2 cm³/mol. The number of carbonyl (C=O) groups excluding carboxylic acids is 2. The summed E-state index contributed by atoms with van der Waals surface area (Å²) < 4.78 is 5.32. The Kier molecular flexibility index (Phi) is 5.21. The van der Waals surface area contributed by atoms with E-state index in [1.165, 1.54) is 0 Å². The molecule has 0 saturated heterocycles. The van der Waals surface area contributed by atoms with E-state index in [4.69, 9.17) is 4.42 Å². The Hall–Kier alpha value is -3.00. The van der Waals surface area contributed by atoms with Gasteiger partial charge in [0, 0.05) is 12.6 Å². The maximum absolute atomic E-state index is 12.0. The van der Waals surface area contributed by atoms with Gasteiger partial charge in [-0.3, -0.25) is 9.59 Å². The highest BCUT2D eigenvalue weighted by atomic mass is 16.3. The van der Waals surface area contributed by atoms with Gasteiger partial charge in [-0.2, -0.15) is 0 Å². The van der Waals surface area contributed by atoms with Crippen LogP contribution in [0, 0.1) is 25.7 Å². The average Bonchev–Trinajstić information content (AvgIpc) is 2.89. The lowest BCUT2D eigenvalue weighted by molar-refractivity contribution is 0.0951. The zero-order chi connectivity index (χ0) is 16.8. The highest BCUT2D eigenvalue weighted by Crippen LogP contribution is 2.13. The van der Waals surface area contributed by atoms with Gasteiger partial charge in [-0.05, 0) is 32.0 Å². The quantitative estimate of drug-likeness (QED) is 0.852. The monoisotopic (exact) mass is 310 g/mol. The molecule has 0 fully saturated rings. The Bertz CT molecular complexity index is 794. The van der Waals surface area contributed by atoms with Crippen molar-refractivity contribution < 1.29 is 14.0 Å². The summed E-state index contributed by atoms with van der Waals surface area (Å²) in [4.78, 5) is 23.7. The van der Waals surface area contributed by atoms with Gasteiger partial charge in [0.05, 0.1) is 17.7 Å². The Morgan fingerprint density at radius 3 is 2.52 bits per heavy atom. The minimum absolute atomic E-state index is 0.185. The first-order valence-electron chi connectivity index (χ1n) is 7.18. The number of benzene rings is 1. The van der Waals surface area contributed by atoms with Gasteiger partial charge in [0.2, 0.25) is 0 Å². The lowest BCUT2D eigenvalue weighted by atomic mass is 10.1. The van der Waals surface area contributed by atoms with Crippen LogP contribution < -0.4 is 10.6 Å². The second-order valence-electron chi connectivity index (χ2n) is 4.94. The Balaban J connectivity index is 2.03. The first kappa shape index (κ1) is 16.4. The molecule has 1 aromatic heterocycles. The highest BCUT2D eigenvalue weighted by molar-refractivity contribution is 5.96. The molecule has 2 N–H and O–H groups in total. The van der Waals surface area contributed by atoms with Crippen LogP contribution in [0.5, 0.6) is 0 Å². The fourth-order valence-corrected chi connectivity index (χ4v) is 2.14. The summed E-state index contributed by atoms with van der Waals surface area (Å²) in [5.74, 6) is 6.62. The molecular formula is C18H18N2O3. The van der Waals surface area contributed by atoms with E-state index in [0.717, 1.165) is 0 Å².